The van der Waals surface area contributed by atoms with Gasteiger partial charge in [-0.05, 0) is 23.9 Å². The molecule has 0 aliphatic rings. The van der Waals surface area contributed by atoms with Gasteiger partial charge in [0, 0.05) is 26.2 Å². The second kappa shape index (κ2) is 7.41. The van der Waals surface area contributed by atoms with E-state index in [1.165, 1.54) is 10.9 Å². The van der Waals surface area contributed by atoms with Gasteiger partial charge in [0.1, 0.15) is 5.75 Å². The van der Waals surface area contributed by atoms with Crippen LogP contribution in [0.25, 0.3) is 10.8 Å². The summed E-state index contributed by atoms with van der Waals surface area (Å²) in [4.78, 5) is 0. The molecule has 1 N–H and O–H groups in total. The Labute approximate surface area is 126 Å². The molecular weight excluding hydrogens is 266 g/mol. The second-order valence-corrected chi connectivity index (χ2v) is 4.98. The predicted octanol–water partition coefficient (Wildman–Crippen LogP) is 2.95. The van der Waals surface area contributed by atoms with Crippen LogP contribution < -0.4 is 10.1 Å². The Morgan fingerprint density at radius 1 is 0.952 bits per heavy atom. The van der Waals surface area contributed by atoms with Crippen LogP contribution in [0.15, 0.2) is 36.4 Å². The van der Waals surface area contributed by atoms with Crippen LogP contribution in [0.1, 0.15) is 12.5 Å². The third-order valence-corrected chi connectivity index (χ3v) is 3.68. The van der Waals surface area contributed by atoms with Crippen molar-refractivity contribution >= 4 is 10.8 Å². The third-order valence-electron chi connectivity index (χ3n) is 3.68. The monoisotopic (exact) mass is 289 g/mol. The molecule has 0 aliphatic heterocycles. The van der Waals surface area contributed by atoms with Crippen LogP contribution in [0.4, 0.5) is 0 Å². The van der Waals surface area contributed by atoms with Gasteiger partial charge in [0.15, 0.2) is 6.29 Å². The zero-order chi connectivity index (χ0) is 15.2. The van der Waals surface area contributed by atoms with Crippen LogP contribution in [-0.4, -0.2) is 33.7 Å². The van der Waals surface area contributed by atoms with E-state index in [1.54, 1.807) is 21.3 Å². The SMILES string of the molecule is COc1ccc(CNC(C)C(OC)OC)c2ccccc12. The maximum absolute atomic E-state index is 5.42. The van der Waals surface area contributed by atoms with E-state index in [2.05, 4.69) is 23.5 Å². The summed E-state index contributed by atoms with van der Waals surface area (Å²) in [7, 11) is 4.99. The fourth-order valence-corrected chi connectivity index (χ4v) is 2.54. The van der Waals surface area contributed by atoms with Gasteiger partial charge in [-0.25, -0.2) is 0 Å². The summed E-state index contributed by atoms with van der Waals surface area (Å²) in [5.74, 6) is 0.897. The van der Waals surface area contributed by atoms with Gasteiger partial charge in [0.05, 0.1) is 13.2 Å². The summed E-state index contributed by atoms with van der Waals surface area (Å²) in [6, 6.07) is 12.5. The van der Waals surface area contributed by atoms with Gasteiger partial charge in [-0.15, -0.1) is 0 Å². The maximum atomic E-state index is 5.42. The van der Waals surface area contributed by atoms with Crippen molar-refractivity contribution in [2.75, 3.05) is 21.3 Å². The highest BCUT2D eigenvalue weighted by molar-refractivity contribution is 5.91. The molecular formula is C17H23NO3. The Hall–Kier alpha value is -1.62. The molecule has 0 aliphatic carbocycles. The fourth-order valence-electron chi connectivity index (χ4n) is 2.54. The van der Waals surface area contributed by atoms with E-state index >= 15 is 0 Å². The average molecular weight is 289 g/mol. The lowest BCUT2D eigenvalue weighted by Crippen LogP contribution is -2.39. The molecule has 0 saturated carbocycles. The van der Waals surface area contributed by atoms with Crippen molar-refractivity contribution in [2.45, 2.75) is 25.8 Å². The molecule has 0 heterocycles. The highest BCUT2D eigenvalue weighted by Gasteiger charge is 2.15. The Kier molecular flexibility index (Phi) is 5.56. The molecule has 2 aromatic carbocycles. The number of hydrogen-bond acceptors (Lipinski definition) is 4. The quantitative estimate of drug-likeness (QED) is 0.796. The predicted molar refractivity (Wildman–Crippen MR) is 84.6 cm³/mol. The number of methoxy groups -OCH3 is 3. The van der Waals surface area contributed by atoms with Crippen molar-refractivity contribution < 1.29 is 14.2 Å². The largest absolute Gasteiger partial charge is 0.496 e. The van der Waals surface area contributed by atoms with Crippen LogP contribution in [0.3, 0.4) is 0 Å². The standard InChI is InChI=1S/C17H23NO3/c1-12(17(20-3)21-4)18-11-13-9-10-16(19-2)15-8-6-5-7-14(13)15/h5-10,12,17-18H,11H2,1-4H3. The van der Waals surface area contributed by atoms with E-state index in [1.807, 2.05) is 25.1 Å². The summed E-state index contributed by atoms with van der Waals surface area (Å²) in [5.41, 5.74) is 1.23. The van der Waals surface area contributed by atoms with Crippen LogP contribution in [0.5, 0.6) is 5.75 Å². The lowest BCUT2D eigenvalue weighted by molar-refractivity contribution is -0.119. The molecule has 0 aromatic heterocycles. The molecule has 4 heteroatoms. The smallest absolute Gasteiger partial charge is 0.171 e. The molecule has 0 fully saturated rings. The molecule has 1 atom stereocenters. The van der Waals surface area contributed by atoms with E-state index in [-0.39, 0.29) is 12.3 Å². The van der Waals surface area contributed by atoms with E-state index < -0.39 is 0 Å². The van der Waals surface area contributed by atoms with Gasteiger partial charge in [-0.2, -0.15) is 0 Å². The van der Waals surface area contributed by atoms with Gasteiger partial charge in [0.2, 0.25) is 0 Å². The van der Waals surface area contributed by atoms with E-state index in [9.17, 15) is 0 Å². The van der Waals surface area contributed by atoms with E-state index in [0.29, 0.717) is 0 Å². The molecule has 1 unspecified atom stereocenters. The summed E-state index contributed by atoms with van der Waals surface area (Å²) < 4.78 is 16.0. The number of hydrogen-bond donors (Lipinski definition) is 1. The van der Waals surface area contributed by atoms with Crippen molar-refractivity contribution in [3.05, 3.63) is 42.0 Å². The first kappa shape index (κ1) is 15.8. The van der Waals surface area contributed by atoms with Crippen molar-refractivity contribution in [2.24, 2.45) is 0 Å². The van der Waals surface area contributed by atoms with Gasteiger partial charge >= 0.3 is 0 Å². The Bertz CT molecular complexity index is 581. The van der Waals surface area contributed by atoms with Crippen molar-refractivity contribution in [1.82, 2.24) is 5.32 Å². The van der Waals surface area contributed by atoms with Crippen molar-refractivity contribution in [3.63, 3.8) is 0 Å². The Morgan fingerprint density at radius 3 is 2.24 bits per heavy atom. The zero-order valence-electron chi connectivity index (χ0n) is 13.1. The van der Waals surface area contributed by atoms with Gasteiger partial charge in [0.25, 0.3) is 0 Å². The van der Waals surface area contributed by atoms with Gasteiger partial charge in [-0.1, -0.05) is 30.3 Å². The normalized spacial score (nSPS) is 12.8. The highest BCUT2D eigenvalue weighted by Crippen LogP contribution is 2.28. The lowest BCUT2D eigenvalue weighted by atomic mass is 10.0. The first-order valence-electron chi connectivity index (χ1n) is 7.04. The van der Waals surface area contributed by atoms with Crippen LogP contribution >= 0.6 is 0 Å². The van der Waals surface area contributed by atoms with Gasteiger partial charge < -0.3 is 19.5 Å². The summed E-state index contributed by atoms with van der Waals surface area (Å²) >= 11 is 0. The molecule has 2 rings (SSSR count). The number of benzene rings is 2. The topological polar surface area (TPSA) is 39.7 Å². The minimum atomic E-state index is -0.255. The molecule has 4 nitrogen and oxygen atoms in total. The lowest BCUT2D eigenvalue weighted by Gasteiger charge is -2.22. The van der Waals surface area contributed by atoms with Crippen molar-refractivity contribution in [1.29, 1.82) is 0 Å². The van der Waals surface area contributed by atoms with Crippen LogP contribution in [0.2, 0.25) is 0 Å². The number of ether oxygens (including phenoxy) is 3. The molecule has 21 heavy (non-hydrogen) atoms. The first-order chi connectivity index (χ1) is 10.2. The average Bonchev–Trinajstić information content (AvgIpc) is 2.53. The molecule has 0 radical (unpaired) electrons. The minimum Gasteiger partial charge on any atom is -0.496 e. The highest BCUT2D eigenvalue weighted by atomic mass is 16.7. The molecule has 0 saturated heterocycles. The fraction of sp³-hybridized carbons (Fsp3) is 0.412. The van der Waals surface area contributed by atoms with Gasteiger partial charge in [-0.3, -0.25) is 0 Å². The third kappa shape index (κ3) is 3.53. The van der Waals surface area contributed by atoms with E-state index in [0.717, 1.165) is 17.7 Å². The molecule has 0 bridgehead atoms. The maximum Gasteiger partial charge on any atom is 0.171 e. The molecule has 114 valence electrons. The zero-order valence-corrected chi connectivity index (χ0v) is 13.1. The number of rotatable bonds is 7. The number of nitrogens with one attached hydrogen (secondary N) is 1. The minimum absolute atomic E-state index is 0.0980. The number of fused-ring (bicyclic) bond motifs is 1. The first-order valence-corrected chi connectivity index (χ1v) is 7.04. The molecule has 2 aromatic rings. The van der Waals surface area contributed by atoms with Crippen LogP contribution in [0, 0.1) is 0 Å². The molecule has 0 amide bonds. The summed E-state index contributed by atoms with van der Waals surface area (Å²) in [6.07, 6.45) is -0.255. The second-order valence-electron chi connectivity index (χ2n) is 4.98. The Balaban J connectivity index is 2.20. The molecule has 0 spiro atoms. The van der Waals surface area contributed by atoms with Crippen molar-refractivity contribution in [3.8, 4) is 5.75 Å². The van der Waals surface area contributed by atoms with E-state index in [4.69, 9.17) is 14.2 Å². The summed E-state index contributed by atoms with van der Waals surface area (Å²) in [6.45, 7) is 2.79. The Morgan fingerprint density at radius 2 is 1.62 bits per heavy atom. The van der Waals surface area contributed by atoms with Crippen LogP contribution in [-0.2, 0) is 16.0 Å². The summed E-state index contributed by atoms with van der Waals surface area (Å²) in [5, 5.41) is 5.76.